The van der Waals surface area contributed by atoms with Crippen molar-refractivity contribution >= 4 is 35.6 Å². The fourth-order valence-corrected chi connectivity index (χ4v) is 2.06. The smallest absolute Gasteiger partial charge is 0.193 e. The molecule has 3 nitrogen and oxygen atoms in total. The number of benzene rings is 1. The van der Waals surface area contributed by atoms with Gasteiger partial charge in [0.05, 0.1) is 0 Å². The minimum Gasteiger partial charge on any atom is -0.370 e. The molecule has 4 heteroatoms. The third-order valence-corrected chi connectivity index (χ3v) is 3.33. The predicted molar refractivity (Wildman–Crippen MR) is 88.7 cm³/mol. The van der Waals surface area contributed by atoms with Crippen LogP contribution in [0.15, 0.2) is 29.3 Å². The van der Waals surface area contributed by atoms with Crippen LogP contribution < -0.4 is 11.1 Å². The number of aryl methyl sites for hydroxylation is 1. The summed E-state index contributed by atoms with van der Waals surface area (Å²) in [5, 5.41) is 3.12. The number of anilines is 1. The molecule has 0 atom stereocenters. The Bertz CT molecular complexity index is 400. The third-order valence-electron chi connectivity index (χ3n) is 3.33. The summed E-state index contributed by atoms with van der Waals surface area (Å²) in [6.07, 6.45) is 5.32. The minimum atomic E-state index is 0. The van der Waals surface area contributed by atoms with Gasteiger partial charge in [-0.3, -0.25) is 4.99 Å². The lowest BCUT2D eigenvalue weighted by atomic mass is 9.83. The van der Waals surface area contributed by atoms with Crippen molar-refractivity contribution in [3.8, 4) is 0 Å². The molecule has 0 bridgehead atoms. The van der Waals surface area contributed by atoms with Crippen molar-refractivity contribution in [2.24, 2.45) is 16.6 Å². The molecular formula is C14H22IN3. The number of nitrogens with two attached hydrogens (primary N) is 1. The Kier molecular flexibility index (Phi) is 6.46. The fourth-order valence-electron chi connectivity index (χ4n) is 2.06. The SMILES string of the molecule is Cc1cccc(NC(N)=NCCC2CCC2)c1.I. The quantitative estimate of drug-likeness (QED) is 0.491. The van der Waals surface area contributed by atoms with E-state index in [2.05, 4.69) is 29.4 Å². The fraction of sp³-hybridized carbons (Fsp3) is 0.500. The lowest BCUT2D eigenvalue weighted by molar-refractivity contribution is 0.300. The Morgan fingerprint density at radius 2 is 2.22 bits per heavy atom. The molecule has 0 amide bonds. The molecule has 18 heavy (non-hydrogen) atoms. The van der Waals surface area contributed by atoms with Gasteiger partial charge in [0.15, 0.2) is 5.96 Å². The Hall–Kier alpha value is -0.780. The molecule has 0 aromatic heterocycles. The van der Waals surface area contributed by atoms with Crippen LogP contribution in [0.5, 0.6) is 0 Å². The van der Waals surface area contributed by atoms with Gasteiger partial charge in [-0.25, -0.2) is 0 Å². The van der Waals surface area contributed by atoms with Crippen LogP contribution in [0.1, 0.15) is 31.2 Å². The molecule has 3 N–H and O–H groups in total. The van der Waals surface area contributed by atoms with E-state index in [1.807, 2.05) is 12.1 Å². The lowest BCUT2D eigenvalue weighted by Gasteiger charge is -2.24. The molecule has 0 unspecified atom stereocenters. The topological polar surface area (TPSA) is 50.4 Å². The zero-order chi connectivity index (χ0) is 12.1. The van der Waals surface area contributed by atoms with Crippen molar-refractivity contribution in [2.75, 3.05) is 11.9 Å². The van der Waals surface area contributed by atoms with Crippen LogP contribution >= 0.6 is 24.0 Å². The number of guanidine groups is 1. The molecule has 0 saturated heterocycles. The first-order valence-corrected chi connectivity index (χ1v) is 6.37. The standard InChI is InChI=1S/C14H21N3.HI/c1-11-4-2-7-13(10-11)17-14(15)16-9-8-12-5-3-6-12;/h2,4,7,10,12H,3,5-6,8-9H2,1H3,(H3,15,16,17);1H. The predicted octanol–water partition coefficient (Wildman–Crippen LogP) is 3.53. The van der Waals surface area contributed by atoms with Crippen LogP contribution in [0, 0.1) is 12.8 Å². The molecule has 1 fully saturated rings. The highest BCUT2D eigenvalue weighted by molar-refractivity contribution is 14.0. The first-order valence-electron chi connectivity index (χ1n) is 6.37. The molecule has 1 aliphatic carbocycles. The maximum absolute atomic E-state index is 5.84. The van der Waals surface area contributed by atoms with E-state index in [9.17, 15) is 0 Å². The first kappa shape index (κ1) is 15.3. The Balaban J connectivity index is 0.00000162. The van der Waals surface area contributed by atoms with Crippen LogP contribution in [-0.2, 0) is 0 Å². The number of halogens is 1. The van der Waals surface area contributed by atoms with Gasteiger partial charge in [-0.15, -0.1) is 24.0 Å². The molecule has 1 aliphatic rings. The highest BCUT2D eigenvalue weighted by Crippen LogP contribution is 2.29. The molecule has 0 radical (unpaired) electrons. The molecule has 1 aromatic carbocycles. The largest absolute Gasteiger partial charge is 0.370 e. The zero-order valence-electron chi connectivity index (χ0n) is 10.9. The highest BCUT2D eigenvalue weighted by atomic mass is 127. The Labute approximate surface area is 126 Å². The average Bonchev–Trinajstić information content (AvgIpc) is 2.22. The minimum absolute atomic E-state index is 0. The van der Waals surface area contributed by atoms with E-state index in [-0.39, 0.29) is 24.0 Å². The van der Waals surface area contributed by atoms with Crippen LogP contribution in [0.3, 0.4) is 0 Å². The maximum Gasteiger partial charge on any atom is 0.193 e. The molecular weight excluding hydrogens is 337 g/mol. The molecule has 2 rings (SSSR count). The maximum atomic E-state index is 5.84. The van der Waals surface area contributed by atoms with Crippen LogP contribution in [0.25, 0.3) is 0 Å². The van der Waals surface area contributed by atoms with Crippen molar-refractivity contribution in [1.29, 1.82) is 0 Å². The van der Waals surface area contributed by atoms with Gasteiger partial charge in [-0.05, 0) is 37.0 Å². The number of nitrogens with one attached hydrogen (secondary N) is 1. The van der Waals surface area contributed by atoms with E-state index in [1.54, 1.807) is 0 Å². The highest BCUT2D eigenvalue weighted by Gasteiger charge is 2.16. The number of hydrogen-bond acceptors (Lipinski definition) is 1. The molecule has 0 spiro atoms. The van der Waals surface area contributed by atoms with E-state index >= 15 is 0 Å². The summed E-state index contributed by atoms with van der Waals surface area (Å²) in [6, 6.07) is 8.14. The van der Waals surface area contributed by atoms with Gasteiger partial charge in [0.2, 0.25) is 0 Å². The Morgan fingerprint density at radius 1 is 1.44 bits per heavy atom. The van der Waals surface area contributed by atoms with Crippen molar-refractivity contribution < 1.29 is 0 Å². The van der Waals surface area contributed by atoms with E-state index in [0.29, 0.717) is 5.96 Å². The van der Waals surface area contributed by atoms with E-state index in [1.165, 1.54) is 31.2 Å². The number of rotatable bonds is 4. The van der Waals surface area contributed by atoms with Gasteiger partial charge in [0.1, 0.15) is 0 Å². The Morgan fingerprint density at radius 3 is 2.83 bits per heavy atom. The molecule has 1 aromatic rings. The van der Waals surface area contributed by atoms with Gasteiger partial charge < -0.3 is 11.1 Å². The number of nitrogens with zero attached hydrogens (tertiary/aromatic N) is 1. The van der Waals surface area contributed by atoms with Crippen LogP contribution in [-0.4, -0.2) is 12.5 Å². The van der Waals surface area contributed by atoms with E-state index in [4.69, 9.17) is 5.73 Å². The van der Waals surface area contributed by atoms with Gasteiger partial charge in [0, 0.05) is 12.2 Å². The summed E-state index contributed by atoms with van der Waals surface area (Å²) in [6.45, 7) is 2.91. The summed E-state index contributed by atoms with van der Waals surface area (Å²) >= 11 is 0. The number of hydrogen-bond donors (Lipinski definition) is 2. The summed E-state index contributed by atoms with van der Waals surface area (Å²) < 4.78 is 0. The summed E-state index contributed by atoms with van der Waals surface area (Å²) in [5.74, 6) is 1.42. The van der Waals surface area contributed by atoms with Crippen molar-refractivity contribution in [2.45, 2.75) is 32.6 Å². The molecule has 0 aliphatic heterocycles. The zero-order valence-corrected chi connectivity index (χ0v) is 13.2. The summed E-state index contributed by atoms with van der Waals surface area (Å²) in [7, 11) is 0. The average molecular weight is 359 g/mol. The van der Waals surface area contributed by atoms with Gasteiger partial charge >= 0.3 is 0 Å². The van der Waals surface area contributed by atoms with Crippen LogP contribution in [0.2, 0.25) is 0 Å². The van der Waals surface area contributed by atoms with Gasteiger partial charge in [-0.2, -0.15) is 0 Å². The normalized spacial score (nSPS) is 15.7. The van der Waals surface area contributed by atoms with Gasteiger partial charge in [0.25, 0.3) is 0 Å². The molecule has 1 saturated carbocycles. The second-order valence-electron chi connectivity index (χ2n) is 4.85. The van der Waals surface area contributed by atoms with Crippen molar-refractivity contribution in [1.82, 2.24) is 0 Å². The third kappa shape index (κ3) is 4.84. The second-order valence-corrected chi connectivity index (χ2v) is 4.85. The second kappa shape index (κ2) is 7.61. The van der Waals surface area contributed by atoms with Crippen molar-refractivity contribution in [3.63, 3.8) is 0 Å². The van der Waals surface area contributed by atoms with Gasteiger partial charge in [-0.1, -0.05) is 31.4 Å². The lowest BCUT2D eigenvalue weighted by Crippen LogP contribution is -2.23. The molecule has 100 valence electrons. The van der Waals surface area contributed by atoms with E-state index in [0.717, 1.165) is 18.2 Å². The van der Waals surface area contributed by atoms with E-state index < -0.39 is 0 Å². The summed E-state index contributed by atoms with van der Waals surface area (Å²) in [5.41, 5.74) is 8.07. The molecule has 0 heterocycles. The summed E-state index contributed by atoms with van der Waals surface area (Å²) in [4.78, 5) is 4.35. The first-order chi connectivity index (χ1) is 8.24. The van der Waals surface area contributed by atoms with Crippen molar-refractivity contribution in [3.05, 3.63) is 29.8 Å². The van der Waals surface area contributed by atoms with Crippen LogP contribution in [0.4, 0.5) is 5.69 Å². The number of aliphatic imine (C=N–C) groups is 1. The monoisotopic (exact) mass is 359 g/mol.